The molecule has 0 radical (unpaired) electrons. The molecule has 0 amide bonds. The fourth-order valence-electron chi connectivity index (χ4n) is 1.57. The summed E-state index contributed by atoms with van der Waals surface area (Å²) in [6.45, 7) is 5.69. The number of nitrogens with zero attached hydrogens (tertiary/aromatic N) is 1. The summed E-state index contributed by atoms with van der Waals surface area (Å²) in [4.78, 5) is 12.8. The monoisotopic (exact) mass is 219 g/mol. The summed E-state index contributed by atoms with van der Waals surface area (Å²) in [5.74, 6) is -0.352. The fourth-order valence-corrected chi connectivity index (χ4v) is 1.74. The molecular formula is C10H18ClNO2. The lowest BCUT2D eigenvalue weighted by atomic mass is 10.2. The van der Waals surface area contributed by atoms with Gasteiger partial charge in [0.05, 0.1) is 0 Å². The van der Waals surface area contributed by atoms with Gasteiger partial charge in [-0.1, -0.05) is 13.8 Å². The van der Waals surface area contributed by atoms with Gasteiger partial charge >= 0.3 is 5.97 Å². The number of rotatable bonds is 6. The van der Waals surface area contributed by atoms with Gasteiger partial charge in [-0.2, -0.15) is 0 Å². The van der Waals surface area contributed by atoms with Crippen LogP contribution in [-0.2, 0) is 4.79 Å². The largest absolute Gasteiger partial charge is 0.480 e. The van der Waals surface area contributed by atoms with Gasteiger partial charge in [-0.15, -0.1) is 11.6 Å². The highest BCUT2D eigenvalue weighted by molar-refractivity contribution is 6.29. The van der Waals surface area contributed by atoms with Gasteiger partial charge in [0.2, 0.25) is 0 Å². The second-order valence-corrected chi connectivity index (χ2v) is 4.91. The number of carbonyl (C=O) groups is 1. The van der Waals surface area contributed by atoms with Gasteiger partial charge in [-0.25, -0.2) is 0 Å². The van der Waals surface area contributed by atoms with Crippen LogP contribution in [0.25, 0.3) is 0 Å². The van der Waals surface area contributed by atoms with Crippen LogP contribution in [0.2, 0.25) is 0 Å². The number of alkyl halides is 1. The maximum atomic E-state index is 10.6. The summed E-state index contributed by atoms with van der Waals surface area (Å²) in [6, 6.07) is 0.581. The van der Waals surface area contributed by atoms with Crippen molar-refractivity contribution in [3.05, 3.63) is 0 Å². The minimum Gasteiger partial charge on any atom is -0.480 e. The first kappa shape index (κ1) is 11.8. The Morgan fingerprint density at radius 1 is 1.50 bits per heavy atom. The van der Waals surface area contributed by atoms with Crippen molar-refractivity contribution in [2.45, 2.75) is 38.1 Å². The number of carboxylic acids is 1. The van der Waals surface area contributed by atoms with Crippen LogP contribution in [-0.4, -0.2) is 40.5 Å². The standard InChI is InChI=1S/C10H18ClNO2/c1-7(2)5-12(8-3-4-8)6-9(11)10(13)14/h7-9H,3-6H2,1-2H3,(H,13,14). The summed E-state index contributed by atoms with van der Waals surface area (Å²) < 4.78 is 0. The molecule has 1 N–H and O–H groups in total. The second-order valence-electron chi connectivity index (χ2n) is 4.38. The Morgan fingerprint density at radius 2 is 2.07 bits per heavy atom. The van der Waals surface area contributed by atoms with Crippen LogP contribution in [0.4, 0.5) is 0 Å². The maximum absolute atomic E-state index is 10.6. The van der Waals surface area contributed by atoms with Crippen molar-refractivity contribution >= 4 is 17.6 Å². The molecule has 14 heavy (non-hydrogen) atoms. The molecule has 1 unspecified atom stereocenters. The quantitative estimate of drug-likeness (QED) is 0.693. The minimum absolute atomic E-state index is 0.472. The molecule has 0 spiro atoms. The number of carboxylic acid groups (broad SMARTS) is 1. The Balaban J connectivity index is 2.38. The smallest absolute Gasteiger partial charge is 0.322 e. The van der Waals surface area contributed by atoms with E-state index in [4.69, 9.17) is 16.7 Å². The summed E-state index contributed by atoms with van der Waals surface area (Å²) in [5, 5.41) is 7.94. The van der Waals surface area contributed by atoms with Crippen molar-refractivity contribution in [3.63, 3.8) is 0 Å². The van der Waals surface area contributed by atoms with Crippen LogP contribution < -0.4 is 0 Å². The number of aliphatic carboxylic acids is 1. The molecule has 82 valence electrons. The predicted molar refractivity (Wildman–Crippen MR) is 56.7 cm³/mol. The molecule has 1 aliphatic rings. The van der Waals surface area contributed by atoms with E-state index in [1.54, 1.807) is 0 Å². The van der Waals surface area contributed by atoms with Crippen molar-refractivity contribution in [3.8, 4) is 0 Å². The highest BCUT2D eigenvalue weighted by atomic mass is 35.5. The van der Waals surface area contributed by atoms with Gasteiger partial charge < -0.3 is 5.11 Å². The zero-order valence-corrected chi connectivity index (χ0v) is 9.50. The second kappa shape index (κ2) is 4.99. The molecule has 0 aromatic carbocycles. The summed E-state index contributed by atoms with van der Waals surface area (Å²) >= 11 is 5.72. The first-order valence-electron chi connectivity index (χ1n) is 5.11. The third-order valence-corrected chi connectivity index (χ3v) is 2.65. The topological polar surface area (TPSA) is 40.5 Å². The predicted octanol–water partition coefficient (Wildman–Crippen LogP) is 1.80. The van der Waals surface area contributed by atoms with Gasteiger partial charge in [0.25, 0.3) is 0 Å². The molecule has 3 nitrogen and oxygen atoms in total. The van der Waals surface area contributed by atoms with E-state index in [9.17, 15) is 4.79 Å². The highest BCUT2D eigenvalue weighted by Crippen LogP contribution is 2.28. The summed E-state index contributed by atoms with van der Waals surface area (Å²) in [7, 11) is 0. The van der Waals surface area contributed by atoms with Crippen LogP contribution in [0, 0.1) is 5.92 Å². The average molecular weight is 220 g/mol. The fraction of sp³-hybridized carbons (Fsp3) is 0.900. The molecule has 1 saturated carbocycles. The number of hydrogen-bond donors (Lipinski definition) is 1. The van der Waals surface area contributed by atoms with Gasteiger partial charge in [0.15, 0.2) is 0 Å². The van der Waals surface area contributed by atoms with Crippen molar-refractivity contribution < 1.29 is 9.90 Å². The molecule has 1 atom stereocenters. The summed E-state index contributed by atoms with van der Waals surface area (Å²) in [6.07, 6.45) is 2.38. The first-order chi connectivity index (χ1) is 6.50. The third kappa shape index (κ3) is 3.84. The van der Waals surface area contributed by atoms with Gasteiger partial charge in [-0.05, 0) is 18.8 Å². The molecule has 0 aromatic rings. The lowest BCUT2D eigenvalue weighted by Gasteiger charge is -2.24. The molecule has 1 aliphatic carbocycles. The van der Waals surface area contributed by atoms with E-state index in [1.807, 2.05) is 0 Å². The average Bonchev–Trinajstić information content (AvgIpc) is 2.83. The molecule has 0 bridgehead atoms. The van der Waals surface area contributed by atoms with E-state index in [0.717, 1.165) is 6.54 Å². The lowest BCUT2D eigenvalue weighted by molar-refractivity contribution is -0.137. The maximum Gasteiger partial charge on any atom is 0.322 e. The van der Waals surface area contributed by atoms with Gasteiger partial charge in [0, 0.05) is 19.1 Å². The number of halogens is 1. The lowest BCUT2D eigenvalue weighted by Crippen LogP contribution is -2.37. The van der Waals surface area contributed by atoms with E-state index in [2.05, 4.69) is 18.7 Å². The minimum atomic E-state index is -0.916. The van der Waals surface area contributed by atoms with E-state index in [1.165, 1.54) is 12.8 Å². The third-order valence-electron chi connectivity index (χ3n) is 2.33. The van der Waals surface area contributed by atoms with Gasteiger partial charge in [0.1, 0.15) is 5.38 Å². The van der Waals surface area contributed by atoms with E-state index < -0.39 is 11.3 Å². The van der Waals surface area contributed by atoms with E-state index in [-0.39, 0.29) is 0 Å². The molecule has 0 heterocycles. The normalized spacial score (nSPS) is 18.9. The number of hydrogen-bond acceptors (Lipinski definition) is 2. The van der Waals surface area contributed by atoms with Crippen LogP contribution >= 0.6 is 11.6 Å². The Morgan fingerprint density at radius 3 is 2.43 bits per heavy atom. The van der Waals surface area contributed by atoms with Crippen LogP contribution in [0.3, 0.4) is 0 Å². The Kier molecular flexibility index (Phi) is 4.20. The Hall–Kier alpha value is -0.280. The van der Waals surface area contributed by atoms with Crippen molar-refractivity contribution in [2.24, 2.45) is 5.92 Å². The first-order valence-corrected chi connectivity index (χ1v) is 5.55. The Labute approximate surface area is 90.0 Å². The van der Waals surface area contributed by atoms with Crippen molar-refractivity contribution in [1.82, 2.24) is 4.90 Å². The molecule has 0 saturated heterocycles. The van der Waals surface area contributed by atoms with Crippen LogP contribution in [0.5, 0.6) is 0 Å². The molecular weight excluding hydrogens is 202 g/mol. The highest BCUT2D eigenvalue weighted by Gasteiger charge is 2.31. The van der Waals surface area contributed by atoms with E-state index >= 15 is 0 Å². The molecule has 0 aromatic heterocycles. The van der Waals surface area contributed by atoms with E-state index in [0.29, 0.717) is 18.5 Å². The summed E-state index contributed by atoms with van der Waals surface area (Å²) in [5.41, 5.74) is 0. The van der Waals surface area contributed by atoms with Crippen LogP contribution in [0.1, 0.15) is 26.7 Å². The molecule has 1 fully saturated rings. The zero-order valence-electron chi connectivity index (χ0n) is 8.74. The van der Waals surface area contributed by atoms with Crippen molar-refractivity contribution in [2.75, 3.05) is 13.1 Å². The molecule has 1 rings (SSSR count). The SMILES string of the molecule is CC(C)CN(CC(Cl)C(=O)O)C1CC1. The van der Waals surface area contributed by atoms with Crippen LogP contribution in [0.15, 0.2) is 0 Å². The molecule has 4 heteroatoms. The molecule has 0 aliphatic heterocycles. The van der Waals surface area contributed by atoms with Gasteiger partial charge in [-0.3, -0.25) is 9.69 Å². The zero-order chi connectivity index (χ0) is 10.7. The Bertz CT molecular complexity index is 204. The van der Waals surface area contributed by atoms with Crippen molar-refractivity contribution in [1.29, 1.82) is 0 Å².